The van der Waals surface area contributed by atoms with Crippen LogP contribution in [0, 0.1) is 12.8 Å². The van der Waals surface area contributed by atoms with Crippen molar-refractivity contribution in [3.63, 3.8) is 0 Å². The summed E-state index contributed by atoms with van der Waals surface area (Å²) >= 11 is 0. The van der Waals surface area contributed by atoms with E-state index < -0.39 is 10.0 Å². The third-order valence-corrected chi connectivity index (χ3v) is 6.39. The highest BCUT2D eigenvalue weighted by molar-refractivity contribution is 7.89. The number of rotatable bonds is 5. The Bertz CT molecular complexity index is 781. The number of sulfonamides is 1. The van der Waals surface area contributed by atoms with Gasteiger partial charge in [0.05, 0.1) is 11.4 Å². The van der Waals surface area contributed by atoms with Crippen LogP contribution >= 0.6 is 0 Å². The van der Waals surface area contributed by atoms with E-state index in [0.29, 0.717) is 24.6 Å². The van der Waals surface area contributed by atoms with Gasteiger partial charge in [-0.15, -0.1) is 0 Å². The van der Waals surface area contributed by atoms with Gasteiger partial charge in [0.2, 0.25) is 10.0 Å². The number of ether oxygens (including phenoxy) is 1. The second kappa shape index (κ2) is 7.09. The Kier molecular flexibility index (Phi) is 5.08. The molecule has 0 spiro atoms. The average Bonchev–Trinajstić information content (AvgIpc) is 2.91. The summed E-state index contributed by atoms with van der Waals surface area (Å²) < 4.78 is 35.1. The predicted molar refractivity (Wildman–Crippen MR) is 93.2 cm³/mol. The average molecular weight is 348 g/mol. The Hall–Kier alpha value is -1.63. The van der Waals surface area contributed by atoms with Gasteiger partial charge in [0, 0.05) is 38.7 Å². The molecule has 1 aromatic heterocycles. The van der Waals surface area contributed by atoms with Crippen molar-refractivity contribution in [2.75, 3.05) is 20.3 Å². The van der Waals surface area contributed by atoms with Crippen molar-refractivity contribution in [3.8, 4) is 0 Å². The van der Waals surface area contributed by atoms with Gasteiger partial charge in [-0.25, -0.2) is 8.42 Å². The molecule has 1 aliphatic rings. The number of fused-ring (bicyclic) bond motifs is 1. The maximum atomic E-state index is 13.1. The molecule has 0 unspecified atom stereocenters. The van der Waals surface area contributed by atoms with Crippen LogP contribution in [0.3, 0.4) is 0 Å². The van der Waals surface area contributed by atoms with Crippen molar-refractivity contribution in [2.24, 2.45) is 5.92 Å². The van der Waals surface area contributed by atoms with Crippen molar-refractivity contribution >= 4 is 10.0 Å². The van der Waals surface area contributed by atoms with Crippen molar-refractivity contribution in [1.82, 2.24) is 8.87 Å². The Morgan fingerprint density at radius 1 is 1.17 bits per heavy atom. The van der Waals surface area contributed by atoms with E-state index in [9.17, 15) is 8.42 Å². The smallest absolute Gasteiger partial charge is 0.243 e. The molecule has 0 aliphatic carbocycles. The van der Waals surface area contributed by atoms with E-state index in [-0.39, 0.29) is 5.92 Å². The predicted octanol–water partition coefficient (Wildman–Crippen LogP) is 2.65. The number of hydrogen-bond acceptors (Lipinski definition) is 3. The quantitative estimate of drug-likeness (QED) is 0.835. The standard InChI is InChI=1S/C18H24N2O3S/c1-15-5-7-18(8-6-15)24(21,22)20-13-16(9-11-23-2)12-19-10-3-4-17(19)14-20/h3-8,10,16H,9,11-14H2,1-2H3/t16-/m1/s1. The second-order valence-electron chi connectivity index (χ2n) is 6.41. The topological polar surface area (TPSA) is 51.5 Å². The summed E-state index contributed by atoms with van der Waals surface area (Å²) in [4.78, 5) is 0.360. The molecule has 0 radical (unpaired) electrons. The monoisotopic (exact) mass is 348 g/mol. The van der Waals surface area contributed by atoms with Crippen LogP contribution in [0.25, 0.3) is 0 Å². The molecule has 6 heteroatoms. The molecule has 1 aliphatic heterocycles. The highest BCUT2D eigenvalue weighted by Crippen LogP contribution is 2.25. The van der Waals surface area contributed by atoms with Gasteiger partial charge >= 0.3 is 0 Å². The number of hydrogen-bond donors (Lipinski definition) is 0. The molecule has 0 saturated carbocycles. The number of nitrogens with zero attached hydrogens (tertiary/aromatic N) is 2. The molecular formula is C18H24N2O3S. The van der Waals surface area contributed by atoms with Crippen LogP contribution in [0.2, 0.25) is 0 Å². The summed E-state index contributed by atoms with van der Waals surface area (Å²) in [6.07, 6.45) is 2.87. The summed E-state index contributed by atoms with van der Waals surface area (Å²) in [5.41, 5.74) is 2.09. The molecule has 3 rings (SSSR count). The lowest BCUT2D eigenvalue weighted by Gasteiger charge is -2.23. The third kappa shape index (κ3) is 3.55. The highest BCUT2D eigenvalue weighted by Gasteiger charge is 2.30. The van der Waals surface area contributed by atoms with E-state index in [2.05, 4.69) is 4.57 Å². The maximum absolute atomic E-state index is 13.1. The lowest BCUT2D eigenvalue weighted by molar-refractivity contribution is 0.167. The fraction of sp³-hybridized carbons (Fsp3) is 0.444. The van der Waals surface area contributed by atoms with Gasteiger partial charge in [-0.05, 0) is 43.5 Å². The highest BCUT2D eigenvalue weighted by atomic mass is 32.2. The van der Waals surface area contributed by atoms with E-state index in [4.69, 9.17) is 4.74 Å². The molecule has 0 saturated heterocycles. The summed E-state index contributed by atoms with van der Waals surface area (Å²) in [5.74, 6) is 0.235. The van der Waals surface area contributed by atoms with Gasteiger partial charge in [-0.3, -0.25) is 0 Å². The van der Waals surface area contributed by atoms with E-state index in [1.165, 1.54) is 0 Å². The van der Waals surface area contributed by atoms with Gasteiger partial charge in [-0.1, -0.05) is 17.7 Å². The van der Waals surface area contributed by atoms with E-state index in [1.54, 1.807) is 23.5 Å². The van der Waals surface area contributed by atoms with Gasteiger partial charge < -0.3 is 9.30 Å². The Morgan fingerprint density at radius 2 is 1.92 bits per heavy atom. The second-order valence-corrected chi connectivity index (χ2v) is 8.35. The minimum atomic E-state index is -3.50. The van der Waals surface area contributed by atoms with Crippen LogP contribution in [-0.4, -0.2) is 37.6 Å². The molecule has 2 aromatic rings. The van der Waals surface area contributed by atoms with Gasteiger partial charge in [0.25, 0.3) is 0 Å². The molecule has 1 atom stereocenters. The molecule has 0 bridgehead atoms. The van der Waals surface area contributed by atoms with Crippen molar-refractivity contribution in [1.29, 1.82) is 0 Å². The fourth-order valence-electron chi connectivity index (χ4n) is 3.15. The van der Waals surface area contributed by atoms with Crippen molar-refractivity contribution in [3.05, 3.63) is 53.9 Å². The molecule has 5 nitrogen and oxygen atoms in total. The lowest BCUT2D eigenvalue weighted by atomic mass is 10.1. The molecule has 0 fully saturated rings. The van der Waals surface area contributed by atoms with Crippen LogP contribution in [-0.2, 0) is 27.8 Å². The van der Waals surface area contributed by atoms with Crippen LogP contribution in [0.15, 0.2) is 47.5 Å². The largest absolute Gasteiger partial charge is 0.385 e. The van der Waals surface area contributed by atoms with Crippen LogP contribution in [0.4, 0.5) is 0 Å². The molecule has 130 valence electrons. The fourth-order valence-corrected chi connectivity index (χ4v) is 4.64. The van der Waals surface area contributed by atoms with Crippen LogP contribution in [0.5, 0.6) is 0 Å². The minimum absolute atomic E-state index is 0.235. The lowest BCUT2D eigenvalue weighted by Crippen LogP contribution is -2.34. The van der Waals surface area contributed by atoms with E-state index >= 15 is 0 Å². The number of aromatic nitrogens is 1. The first kappa shape index (κ1) is 17.2. The summed E-state index contributed by atoms with van der Waals surface area (Å²) in [6.45, 7) is 4.34. The normalized spacial score (nSPS) is 19.0. The summed E-state index contributed by atoms with van der Waals surface area (Å²) in [5, 5.41) is 0. The van der Waals surface area contributed by atoms with E-state index in [1.807, 2.05) is 37.4 Å². The summed E-state index contributed by atoms with van der Waals surface area (Å²) in [7, 11) is -1.82. The van der Waals surface area contributed by atoms with Crippen LogP contribution in [0.1, 0.15) is 17.7 Å². The molecule has 1 aromatic carbocycles. The van der Waals surface area contributed by atoms with Crippen molar-refractivity contribution < 1.29 is 13.2 Å². The van der Waals surface area contributed by atoms with Gasteiger partial charge in [0.15, 0.2) is 0 Å². The maximum Gasteiger partial charge on any atom is 0.243 e. The zero-order chi connectivity index (χ0) is 17.2. The van der Waals surface area contributed by atoms with Gasteiger partial charge in [-0.2, -0.15) is 4.31 Å². The first-order valence-electron chi connectivity index (χ1n) is 8.20. The first-order chi connectivity index (χ1) is 11.5. The third-order valence-electron chi connectivity index (χ3n) is 4.57. The Balaban J connectivity index is 1.91. The minimum Gasteiger partial charge on any atom is -0.385 e. The first-order valence-corrected chi connectivity index (χ1v) is 9.64. The zero-order valence-corrected chi connectivity index (χ0v) is 15.0. The number of aryl methyl sites for hydroxylation is 1. The number of benzene rings is 1. The van der Waals surface area contributed by atoms with E-state index in [0.717, 1.165) is 24.2 Å². The molecule has 2 heterocycles. The van der Waals surface area contributed by atoms with Crippen LogP contribution < -0.4 is 0 Å². The molecular weight excluding hydrogens is 324 g/mol. The molecule has 0 N–H and O–H groups in total. The molecule has 0 amide bonds. The SMILES string of the molecule is COCC[C@H]1CN(S(=O)(=O)c2ccc(C)cc2)Cc2cccn2C1. The Morgan fingerprint density at radius 3 is 2.62 bits per heavy atom. The Labute approximate surface area is 143 Å². The van der Waals surface area contributed by atoms with Gasteiger partial charge in [0.1, 0.15) is 0 Å². The van der Waals surface area contributed by atoms with Crippen molar-refractivity contribution in [2.45, 2.75) is 31.3 Å². The molecule has 24 heavy (non-hydrogen) atoms. The number of methoxy groups -OCH3 is 1. The summed E-state index contributed by atoms with van der Waals surface area (Å²) in [6, 6.07) is 11.0. The zero-order valence-electron chi connectivity index (χ0n) is 14.2.